The van der Waals surface area contributed by atoms with E-state index < -0.39 is 23.9 Å². The maximum absolute atomic E-state index is 12.1. The van der Waals surface area contributed by atoms with E-state index in [0.717, 1.165) is 0 Å². The Morgan fingerprint density at radius 2 is 1.68 bits per heavy atom. The van der Waals surface area contributed by atoms with Gasteiger partial charge in [-0.1, -0.05) is 18.2 Å². The van der Waals surface area contributed by atoms with E-state index in [1.54, 1.807) is 24.3 Å². The molecular formula is C18H18N2O5. The van der Waals surface area contributed by atoms with Crippen LogP contribution in [0.4, 0.5) is 5.69 Å². The van der Waals surface area contributed by atoms with Crippen molar-refractivity contribution in [1.82, 2.24) is 0 Å². The Labute approximate surface area is 144 Å². The fourth-order valence-electron chi connectivity index (χ4n) is 1.89. The minimum Gasteiger partial charge on any atom is -0.484 e. The van der Waals surface area contributed by atoms with Crippen molar-refractivity contribution in [3.8, 4) is 5.75 Å². The summed E-state index contributed by atoms with van der Waals surface area (Å²) in [6.07, 6.45) is -0.960. The van der Waals surface area contributed by atoms with Crippen LogP contribution >= 0.6 is 0 Å². The second-order valence-electron chi connectivity index (χ2n) is 5.18. The summed E-state index contributed by atoms with van der Waals surface area (Å²) in [4.78, 5) is 34.8. The van der Waals surface area contributed by atoms with Crippen LogP contribution in [-0.2, 0) is 14.3 Å². The van der Waals surface area contributed by atoms with Gasteiger partial charge in [-0.2, -0.15) is 0 Å². The zero-order valence-electron chi connectivity index (χ0n) is 13.6. The lowest BCUT2D eigenvalue weighted by atomic mass is 10.2. The van der Waals surface area contributed by atoms with Crippen LogP contribution in [0.3, 0.4) is 0 Å². The van der Waals surface area contributed by atoms with Crippen molar-refractivity contribution in [3.63, 3.8) is 0 Å². The summed E-state index contributed by atoms with van der Waals surface area (Å²) in [7, 11) is 0. The lowest BCUT2D eigenvalue weighted by Crippen LogP contribution is -2.29. The van der Waals surface area contributed by atoms with Gasteiger partial charge in [0.2, 0.25) is 0 Å². The summed E-state index contributed by atoms with van der Waals surface area (Å²) in [5.74, 6) is -1.27. The Bertz CT molecular complexity index is 744. The van der Waals surface area contributed by atoms with Crippen LogP contribution in [0, 0.1) is 0 Å². The number of anilines is 1. The monoisotopic (exact) mass is 342 g/mol. The first-order valence-electron chi connectivity index (χ1n) is 7.54. The van der Waals surface area contributed by atoms with Gasteiger partial charge in [0.1, 0.15) is 5.75 Å². The van der Waals surface area contributed by atoms with E-state index in [1.807, 2.05) is 6.07 Å². The SMILES string of the molecule is C[C@@H](OC(=O)c1ccc(OCC(N)=O)cc1)C(=O)Nc1ccccc1. The topological polar surface area (TPSA) is 108 Å². The quantitative estimate of drug-likeness (QED) is 0.745. The van der Waals surface area contributed by atoms with Crippen LogP contribution in [0.5, 0.6) is 5.75 Å². The van der Waals surface area contributed by atoms with E-state index in [2.05, 4.69) is 5.32 Å². The van der Waals surface area contributed by atoms with Crippen molar-refractivity contribution in [1.29, 1.82) is 0 Å². The number of rotatable bonds is 7. The van der Waals surface area contributed by atoms with E-state index in [1.165, 1.54) is 31.2 Å². The van der Waals surface area contributed by atoms with Gasteiger partial charge >= 0.3 is 5.97 Å². The average Bonchev–Trinajstić information content (AvgIpc) is 2.61. The van der Waals surface area contributed by atoms with Crippen molar-refractivity contribution in [3.05, 3.63) is 60.2 Å². The van der Waals surface area contributed by atoms with Crippen LogP contribution in [0.15, 0.2) is 54.6 Å². The number of ether oxygens (including phenoxy) is 2. The van der Waals surface area contributed by atoms with Gasteiger partial charge in [0.25, 0.3) is 11.8 Å². The highest BCUT2D eigenvalue weighted by Crippen LogP contribution is 2.14. The van der Waals surface area contributed by atoms with E-state index >= 15 is 0 Å². The molecule has 0 aliphatic rings. The second kappa shape index (κ2) is 8.49. The number of primary amides is 1. The predicted molar refractivity (Wildman–Crippen MR) is 91.1 cm³/mol. The summed E-state index contributed by atoms with van der Waals surface area (Å²) in [6.45, 7) is 1.24. The van der Waals surface area contributed by atoms with Crippen molar-refractivity contribution < 1.29 is 23.9 Å². The summed E-state index contributed by atoms with van der Waals surface area (Å²) < 4.78 is 10.2. The fraction of sp³-hybridized carbons (Fsp3) is 0.167. The molecule has 0 fully saturated rings. The van der Waals surface area contributed by atoms with E-state index in [-0.39, 0.29) is 12.2 Å². The molecule has 2 amide bonds. The number of amides is 2. The predicted octanol–water partition coefficient (Wildman–Crippen LogP) is 1.73. The normalized spacial score (nSPS) is 11.2. The molecule has 7 heteroatoms. The number of carbonyl (C=O) groups excluding carboxylic acids is 3. The lowest BCUT2D eigenvalue weighted by molar-refractivity contribution is -0.123. The lowest BCUT2D eigenvalue weighted by Gasteiger charge is -2.13. The van der Waals surface area contributed by atoms with Crippen LogP contribution in [-0.4, -0.2) is 30.5 Å². The minimum atomic E-state index is -0.960. The molecule has 0 saturated carbocycles. The molecule has 0 radical (unpaired) electrons. The van der Waals surface area contributed by atoms with E-state index in [4.69, 9.17) is 15.2 Å². The third-order valence-electron chi connectivity index (χ3n) is 3.17. The third kappa shape index (κ3) is 5.65. The molecule has 0 saturated heterocycles. The Kier molecular flexibility index (Phi) is 6.11. The molecule has 0 bridgehead atoms. The first kappa shape index (κ1) is 18.0. The van der Waals surface area contributed by atoms with Crippen LogP contribution in [0.2, 0.25) is 0 Å². The van der Waals surface area contributed by atoms with Gasteiger partial charge in [0, 0.05) is 5.69 Å². The molecular weight excluding hydrogens is 324 g/mol. The van der Waals surface area contributed by atoms with Crippen molar-refractivity contribution >= 4 is 23.5 Å². The third-order valence-corrected chi connectivity index (χ3v) is 3.17. The average molecular weight is 342 g/mol. The van der Waals surface area contributed by atoms with Gasteiger partial charge in [-0.25, -0.2) is 4.79 Å². The molecule has 0 aliphatic carbocycles. The number of para-hydroxylation sites is 1. The van der Waals surface area contributed by atoms with Gasteiger partial charge in [-0.3, -0.25) is 9.59 Å². The summed E-state index contributed by atoms with van der Waals surface area (Å²) in [5, 5.41) is 2.66. The van der Waals surface area contributed by atoms with Crippen LogP contribution in [0.25, 0.3) is 0 Å². The van der Waals surface area contributed by atoms with Gasteiger partial charge in [-0.05, 0) is 43.3 Å². The fourth-order valence-corrected chi connectivity index (χ4v) is 1.89. The number of nitrogens with two attached hydrogens (primary N) is 1. The number of benzene rings is 2. The molecule has 130 valence electrons. The summed E-state index contributed by atoms with van der Waals surface area (Å²) in [5.41, 5.74) is 5.85. The number of hydrogen-bond acceptors (Lipinski definition) is 5. The van der Waals surface area contributed by atoms with Crippen LogP contribution < -0.4 is 15.8 Å². The highest BCUT2D eigenvalue weighted by molar-refractivity contribution is 5.97. The number of hydrogen-bond donors (Lipinski definition) is 2. The molecule has 0 spiro atoms. The second-order valence-corrected chi connectivity index (χ2v) is 5.18. The van der Waals surface area contributed by atoms with Crippen molar-refractivity contribution in [2.75, 3.05) is 11.9 Å². The maximum atomic E-state index is 12.1. The molecule has 25 heavy (non-hydrogen) atoms. The largest absolute Gasteiger partial charge is 0.484 e. The Morgan fingerprint density at radius 1 is 1.04 bits per heavy atom. The van der Waals surface area contributed by atoms with Crippen molar-refractivity contribution in [2.24, 2.45) is 5.73 Å². The number of esters is 1. The smallest absolute Gasteiger partial charge is 0.338 e. The molecule has 2 rings (SSSR count). The van der Waals surface area contributed by atoms with E-state index in [0.29, 0.717) is 11.4 Å². The number of carbonyl (C=O) groups is 3. The Morgan fingerprint density at radius 3 is 2.28 bits per heavy atom. The van der Waals surface area contributed by atoms with Crippen molar-refractivity contribution in [2.45, 2.75) is 13.0 Å². The number of nitrogens with one attached hydrogen (secondary N) is 1. The molecule has 2 aromatic carbocycles. The highest BCUT2D eigenvalue weighted by atomic mass is 16.5. The minimum absolute atomic E-state index is 0.250. The molecule has 0 aromatic heterocycles. The molecule has 0 heterocycles. The molecule has 1 atom stereocenters. The summed E-state index contributed by atoms with van der Waals surface area (Å²) in [6, 6.07) is 14.8. The zero-order valence-corrected chi connectivity index (χ0v) is 13.6. The van der Waals surface area contributed by atoms with Gasteiger partial charge in [0.05, 0.1) is 5.56 Å². The highest BCUT2D eigenvalue weighted by Gasteiger charge is 2.19. The molecule has 7 nitrogen and oxygen atoms in total. The molecule has 0 aliphatic heterocycles. The molecule has 2 aromatic rings. The maximum Gasteiger partial charge on any atom is 0.338 e. The Hall–Kier alpha value is -3.35. The Balaban J connectivity index is 1.89. The molecule has 0 unspecified atom stereocenters. The first-order valence-corrected chi connectivity index (χ1v) is 7.54. The van der Waals surface area contributed by atoms with Gasteiger partial charge in [-0.15, -0.1) is 0 Å². The van der Waals surface area contributed by atoms with Gasteiger partial charge in [0.15, 0.2) is 12.7 Å². The molecule has 3 N–H and O–H groups in total. The summed E-state index contributed by atoms with van der Waals surface area (Å²) >= 11 is 0. The first-order chi connectivity index (χ1) is 12.0. The van der Waals surface area contributed by atoms with Crippen LogP contribution in [0.1, 0.15) is 17.3 Å². The van der Waals surface area contributed by atoms with E-state index in [9.17, 15) is 14.4 Å². The zero-order chi connectivity index (χ0) is 18.2. The van der Waals surface area contributed by atoms with Gasteiger partial charge < -0.3 is 20.5 Å². The standard InChI is InChI=1S/C18H18N2O5/c1-12(17(22)20-14-5-3-2-4-6-14)25-18(23)13-7-9-15(10-8-13)24-11-16(19)21/h2-10,12H,11H2,1H3,(H2,19,21)(H,20,22)/t12-/m1/s1.